The highest BCUT2D eigenvalue weighted by Gasteiger charge is 2.35. The molecule has 156 valence electrons. The molecule has 29 heavy (non-hydrogen) atoms. The molecule has 7 nitrogen and oxygen atoms in total. The number of thiophene rings is 1. The van der Waals surface area contributed by atoms with Crippen molar-refractivity contribution in [3.63, 3.8) is 0 Å². The Kier molecular flexibility index (Phi) is 5.19. The first-order valence-electron chi connectivity index (χ1n) is 10.7. The fourth-order valence-electron chi connectivity index (χ4n) is 4.86. The van der Waals surface area contributed by atoms with Crippen LogP contribution in [0.2, 0.25) is 0 Å². The second-order valence-electron chi connectivity index (χ2n) is 8.35. The van der Waals surface area contributed by atoms with E-state index in [-0.39, 0.29) is 12.8 Å². The Bertz CT molecular complexity index is 924. The number of aromatic nitrogens is 2. The highest BCUT2D eigenvalue weighted by atomic mass is 32.1. The molecule has 4 heterocycles. The lowest BCUT2D eigenvalue weighted by molar-refractivity contribution is 0.0854. The third kappa shape index (κ3) is 3.52. The summed E-state index contributed by atoms with van der Waals surface area (Å²) in [6.07, 6.45) is 5.00. The Morgan fingerprint density at radius 3 is 2.69 bits per heavy atom. The molecule has 1 atom stereocenters. The molecule has 0 spiro atoms. The van der Waals surface area contributed by atoms with Crippen molar-refractivity contribution in [2.75, 3.05) is 44.6 Å². The van der Waals surface area contributed by atoms with E-state index in [0.717, 1.165) is 50.1 Å². The minimum Gasteiger partial charge on any atom is -0.395 e. The predicted molar refractivity (Wildman–Crippen MR) is 117 cm³/mol. The smallest absolute Gasteiger partial charge is 0.226 e. The van der Waals surface area contributed by atoms with Crippen molar-refractivity contribution in [1.29, 1.82) is 0 Å². The third-order valence-corrected chi connectivity index (χ3v) is 7.54. The largest absolute Gasteiger partial charge is 0.395 e. The lowest BCUT2D eigenvalue weighted by Crippen LogP contribution is -2.49. The molecule has 1 unspecified atom stereocenters. The summed E-state index contributed by atoms with van der Waals surface area (Å²) in [5.41, 5.74) is 5.07. The summed E-state index contributed by atoms with van der Waals surface area (Å²) in [5, 5.41) is 18.8. The van der Waals surface area contributed by atoms with Gasteiger partial charge in [0.1, 0.15) is 11.2 Å². The van der Waals surface area contributed by atoms with Crippen molar-refractivity contribution in [1.82, 2.24) is 19.6 Å². The standard InChI is InChI=1S/C21H30N6OS/c1-14-13-15(2)27(24-14)21-22-19(26-9-7-25(8-10-26)11-12-28)18-16-5-3-4-6-17(16)29-20(18)23-21/h13,19,28H,3-12H2,1-2H3,(H,22,23). The highest BCUT2D eigenvalue weighted by Crippen LogP contribution is 2.45. The van der Waals surface area contributed by atoms with Crippen molar-refractivity contribution < 1.29 is 5.11 Å². The van der Waals surface area contributed by atoms with Crippen LogP contribution in [0.1, 0.15) is 46.4 Å². The Labute approximate surface area is 176 Å². The SMILES string of the molecule is Cc1cc(C)n(C2=NC(N3CCN(CCO)CC3)c3c(sc4c3CCCC4)N2)n1. The Balaban J connectivity index is 1.51. The first-order valence-corrected chi connectivity index (χ1v) is 11.6. The summed E-state index contributed by atoms with van der Waals surface area (Å²) in [5.74, 6) is 0.837. The van der Waals surface area contributed by atoms with Crippen LogP contribution in [0, 0.1) is 13.8 Å². The first-order chi connectivity index (χ1) is 14.1. The second-order valence-corrected chi connectivity index (χ2v) is 9.45. The van der Waals surface area contributed by atoms with Gasteiger partial charge in [0.15, 0.2) is 0 Å². The molecule has 0 radical (unpaired) electrons. The lowest BCUT2D eigenvalue weighted by atomic mass is 9.93. The summed E-state index contributed by atoms with van der Waals surface area (Å²) in [4.78, 5) is 11.6. The number of piperazine rings is 1. The van der Waals surface area contributed by atoms with E-state index >= 15 is 0 Å². The number of nitrogens with zero attached hydrogens (tertiary/aromatic N) is 5. The van der Waals surface area contributed by atoms with Gasteiger partial charge in [0.2, 0.25) is 5.96 Å². The predicted octanol–water partition coefficient (Wildman–Crippen LogP) is 2.38. The molecule has 2 N–H and O–H groups in total. The number of rotatable bonds is 3. The van der Waals surface area contributed by atoms with Crippen molar-refractivity contribution in [2.24, 2.45) is 4.99 Å². The van der Waals surface area contributed by atoms with Crippen LogP contribution in [0.15, 0.2) is 11.1 Å². The number of fused-ring (bicyclic) bond motifs is 3. The van der Waals surface area contributed by atoms with Crippen LogP contribution in [-0.4, -0.2) is 70.0 Å². The fraction of sp³-hybridized carbons (Fsp3) is 0.619. The number of hydrogen-bond donors (Lipinski definition) is 2. The van der Waals surface area contributed by atoms with Gasteiger partial charge < -0.3 is 10.4 Å². The molecule has 0 saturated carbocycles. The second kappa shape index (κ2) is 7.83. The first kappa shape index (κ1) is 19.2. The van der Waals surface area contributed by atoms with Gasteiger partial charge in [0, 0.05) is 48.9 Å². The van der Waals surface area contributed by atoms with Gasteiger partial charge in [-0.1, -0.05) is 0 Å². The van der Waals surface area contributed by atoms with E-state index in [1.54, 1.807) is 10.4 Å². The van der Waals surface area contributed by atoms with Gasteiger partial charge in [-0.05, 0) is 51.2 Å². The lowest BCUT2D eigenvalue weighted by Gasteiger charge is -2.39. The molecule has 1 aliphatic carbocycles. The molecule has 2 aliphatic heterocycles. The monoisotopic (exact) mass is 414 g/mol. The molecule has 1 saturated heterocycles. The minimum atomic E-state index is 0.0551. The van der Waals surface area contributed by atoms with Crippen molar-refractivity contribution in [3.05, 3.63) is 33.5 Å². The number of aryl methyl sites for hydroxylation is 3. The van der Waals surface area contributed by atoms with Gasteiger partial charge in [-0.3, -0.25) is 9.80 Å². The number of nitrogens with one attached hydrogen (secondary N) is 1. The molecule has 5 rings (SSSR count). The number of β-amino-alcohol motifs (C(OH)–C–C–N with tert-alkyl or cyclic N) is 1. The molecule has 0 amide bonds. The molecular weight excluding hydrogens is 384 g/mol. The highest BCUT2D eigenvalue weighted by molar-refractivity contribution is 7.16. The molecule has 1 fully saturated rings. The average molecular weight is 415 g/mol. The van der Waals surface area contributed by atoms with E-state index in [2.05, 4.69) is 33.2 Å². The minimum absolute atomic E-state index is 0.0551. The third-order valence-electron chi connectivity index (χ3n) is 6.32. The molecule has 0 aromatic carbocycles. The maximum absolute atomic E-state index is 9.26. The Morgan fingerprint density at radius 2 is 1.97 bits per heavy atom. The van der Waals surface area contributed by atoms with Crippen LogP contribution in [0.3, 0.4) is 0 Å². The molecule has 0 bridgehead atoms. The van der Waals surface area contributed by atoms with Crippen molar-refractivity contribution in [3.8, 4) is 0 Å². The normalized spacial score (nSPS) is 22.7. The number of anilines is 1. The average Bonchev–Trinajstić information content (AvgIpc) is 3.27. The summed E-state index contributed by atoms with van der Waals surface area (Å²) in [6, 6.07) is 2.10. The van der Waals surface area contributed by atoms with Crippen LogP contribution in [0.5, 0.6) is 0 Å². The topological polar surface area (TPSA) is 68.9 Å². The van der Waals surface area contributed by atoms with Crippen molar-refractivity contribution in [2.45, 2.75) is 45.7 Å². The van der Waals surface area contributed by atoms with E-state index in [1.807, 2.05) is 22.9 Å². The Morgan fingerprint density at radius 1 is 1.17 bits per heavy atom. The summed E-state index contributed by atoms with van der Waals surface area (Å²) < 4.78 is 1.95. The summed E-state index contributed by atoms with van der Waals surface area (Å²) in [6.45, 7) is 9.02. The van der Waals surface area contributed by atoms with E-state index < -0.39 is 0 Å². The molecular formula is C21H30N6OS. The molecule has 3 aliphatic rings. The van der Waals surface area contributed by atoms with Gasteiger partial charge in [-0.2, -0.15) is 5.10 Å². The number of aliphatic imine (C=N–C) groups is 1. The summed E-state index contributed by atoms with van der Waals surface area (Å²) >= 11 is 1.92. The molecule has 2 aromatic heterocycles. The van der Waals surface area contributed by atoms with Crippen molar-refractivity contribution >= 4 is 22.3 Å². The zero-order chi connectivity index (χ0) is 20.0. The van der Waals surface area contributed by atoms with E-state index in [9.17, 15) is 5.11 Å². The van der Waals surface area contributed by atoms with E-state index in [1.165, 1.54) is 36.2 Å². The zero-order valence-electron chi connectivity index (χ0n) is 17.3. The van der Waals surface area contributed by atoms with E-state index in [0.29, 0.717) is 0 Å². The van der Waals surface area contributed by atoms with Crippen LogP contribution in [-0.2, 0) is 12.8 Å². The molecule has 8 heteroatoms. The van der Waals surface area contributed by atoms with Crippen LogP contribution in [0.25, 0.3) is 0 Å². The van der Waals surface area contributed by atoms with Gasteiger partial charge in [0.05, 0.1) is 12.3 Å². The van der Waals surface area contributed by atoms with Crippen LogP contribution < -0.4 is 5.32 Å². The summed E-state index contributed by atoms with van der Waals surface area (Å²) in [7, 11) is 0. The zero-order valence-corrected chi connectivity index (χ0v) is 18.1. The Hall–Kier alpha value is -1.74. The number of aliphatic hydroxyl groups is 1. The van der Waals surface area contributed by atoms with Crippen LogP contribution in [0.4, 0.5) is 5.00 Å². The molecule has 2 aromatic rings. The van der Waals surface area contributed by atoms with Gasteiger partial charge in [-0.25, -0.2) is 9.67 Å². The quantitative estimate of drug-likeness (QED) is 0.807. The van der Waals surface area contributed by atoms with E-state index in [4.69, 9.17) is 4.99 Å². The number of hydrogen-bond acceptors (Lipinski definition) is 7. The number of aliphatic hydroxyl groups excluding tert-OH is 1. The maximum Gasteiger partial charge on any atom is 0.226 e. The maximum atomic E-state index is 9.26. The van der Waals surface area contributed by atoms with Crippen LogP contribution >= 0.6 is 11.3 Å². The van der Waals surface area contributed by atoms with Gasteiger partial charge in [0.25, 0.3) is 0 Å². The van der Waals surface area contributed by atoms with Gasteiger partial charge >= 0.3 is 0 Å². The fourth-order valence-corrected chi connectivity index (χ4v) is 6.17. The van der Waals surface area contributed by atoms with Gasteiger partial charge in [-0.15, -0.1) is 11.3 Å².